The molecule has 1 amide bonds. The number of piperidine rings is 1. The normalized spacial score (nSPS) is 17.3. The average Bonchev–Trinajstić information content (AvgIpc) is 2.70. The Hall–Kier alpha value is -0.910. The van der Waals surface area contributed by atoms with Gasteiger partial charge in [0.1, 0.15) is 0 Å². The Morgan fingerprint density at radius 3 is 2.76 bits per heavy atom. The Labute approximate surface area is 192 Å². The number of nitrogens with zero attached hydrogens (tertiary/aromatic N) is 1. The van der Waals surface area contributed by atoms with E-state index in [1.807, 2.05) is 36.4 Å². The minimum absolute atomic E-state index is 0.0583. The van der Waals surface area contributed by atoms with Crippen LogP contribution in [-0.2, 0) is 17.1 Å². The molecule has 3 nitrogen and oxygen atoms in total. The van der Waals surface area contributed by atoms with Crippen molar-refractivity contribution in [2.24, 2.45) is 5.92 Å². The second-order valence-electron chi connectivity index (χ2n) is 7.30. The fraction of sp³-hybridized carbons (Fsp3) is 0.409. The van der Waals surface area contributed by atoms with Gasteiger partial charge in [0.25, 0.3) is 0 Å². The minimum Gasteiger partial charge on any atom is -0.355 e. The van der Waals surface area contributed by atoms with Crippen molar-refractivity contribution in [3.8, 4) is 0 Å². The molecule has 0 saturated carbocycles. The summed E-state index contributed by atoms with van der Waals surface area (Å²) in [6.07, 6.45) is 2.00. The molecule has 1 N–H and O–H groups in total. The summed E-state index contributed by atoms with van der Waals surface area (Å²) in [5, 5.41) is 5.01. The molecule has 1 unspecified atom stereocenters. The maximum atomic E-state index is 12.6. The van der Waals surface area contributed by atoms with E-state index in [0.29, 0.717) is 16.6 Å². The Morgan fingerprint density at radius 2 is 1.97 bits per heavy atom. The quantitative estimate of drug-likeness (QED) is 0.486. The largest absolute Gasteiger partial charge is 0.355 e. The van der Waals surface area contributed by atoms with Crippen molar-refractivity contribution < 1.29 is 4.79 Å². The second kappa shape index (κ2) is 11.5. The number of nitrogens with one attached hydrogen (secondary N) is 1. The average molecular weight is 472 g/mol. The molecule has 0 radical (unpaired) electrons. The van der Waals surface area contributed by atoms with Crippen LogP contribution in [-0.4, -0.2) is 36.2 Å². The van der Waals surface area contributed by atoms with Crippen molar-refractivity contribution in [3.05, 3.63) is 68.7 Å². The Bertz CT molecular complexity index is 833. The predicted molar refractivity (Wildman–Crippen MR) is 125 cm³/mol. The van der Waals surface area contributed by atoms with Gasteiger partial charge in [-0.15, -0.1) is 0 Å². The summed E-state index contributed by atoms with van der Waals surface area (Å²) >= 11 is 19.8. The van der Waals surface area contributed by atoms with Crippen LogP contribution in [0.5, 0.6) is 0 Å². The first-order chi connectivity index (χ1) is 14.0. The van der Waals surface area contributed by atoms with Gasteiger partial charge in [0, 0.05) is 36.2 Å². The van der Waals surface area contributed by atoms with Crippen LogP contribution >= 0.6 is 46.6 Å². The molecule has 1 aliphatic rings. The highest BCUT2D eigenvalue weighted by atomic mass is 35.5. The molecule has 2 aromatic rings. The summed E-state index contributed by atoms with van der Waals surface area (Å²) in [6.45, 7) is 3.34. The van der Waals surface area contributed by atoms with Crippen molar-refractivity contribution in [1.29, 1.82) is 0 Å². The third kappa shape index (κ3) is 7.37. The lowest BCUT2D eigenvalue weighted by atomic mass is 9.96. The summed E-state index contributed by atoms with van der Waals surface area (Å²) in [4.78, 5) is 14.9. The van der Waals surface area contributed by atoms with Crippen molar-refractivity contribution in [1.82, 2.24) is 10.2 Å². The van der Waals surface area contributed by atoms with Crippen molar-refractivity contribution in [2.75, 3.05) is 25.4 Å². The van der Waals surface area contributed by atoms with Gasteiger partial charge < -0.3 is 5.32 Å². The fourth-order valence-electron chi connectivity index (χ4n) is 3.52. The molecular weight excluding hydrogens is 447 g/mol. The minimum atomic E-state index is 0.0583. The van der Waals surface area contributed by atoms with E-state index in [4.69, 9.17) is 34.8 Å². The van der Waals surface area contributed by atoms with E-state index >= 15 is 0 Å². The summed E-state index contributed by atoms with van der Waals surface area (Å²) in [7, 11) is 0. The van der Waals surface area contributed by atoms with Crippen molar-refractivity contribution in [3.63, 3.8) is 0 Å². The standard InChI is InChI=1S/C22H25Cl3N2OS/c23-19-5-1-3-16(11-19)13-27-9-2-4-18(14-27)22(28)26-8-10-29-15-17-6-7-20(24)21(25)12-17/h1,3,5-7,11-12,18H,2,4,8-10,13-15H2,(H,26,28). The number of halogens is 3. The first-order valence-corrected chi connectivity index (χ1v) is 12.1. The van der Waals surface area contributed by atoms with Gasteiger partial charge in [-0.3, -0.25) is 9.69 Å². The SMILES string of the molecule is O=C(NCCSCc1ccc(Cl)c(Cl)c1)C1CCCN(Cc2cccc(Cl)c2)C1. The molecule has 1 fully saturated rings. The first kappa shape index (κ1) is 22.8. The third-order valence-electron chi connectivity index (χ3n) is 4.97. The number of amides is 1. The highest BCUT2D eigenvalue weighted by Gasteiger charge is 2.25. The van der Waals surface area contributed by atoms with Crippen molar-refractivity contribution >= 4 is 52.5 Å². The topological polar surface area (TPSA) is 32.3 Å². The molecule has 3 rings (SSSR count). The number of thioether (sulfide) groups is 1. The molecule has 1 atom stereocenters. The van der Waals surface area contributed by atoms with Crippen LogP contribution in [0.3, 0.4) is 0 Å². The number of carbonyl (C=O) groups excluding carboxylic acids is 1. The molecule has 2 aromatic carbocycles. The third-order valence-corrected chi connectivity index (χ3v) is 6.97. The lowest BCUT2D eigenvalue weighted by Crippen LogP contribution is -2.43. The Morgan fingerprint density at radius 1 is 1.10 bits per heavy atom. The van der Waals surface area contributed by atoms with E-state index in [-0.39, 0.29) is 11.8 Å². The Balaban J connectivity index is 1.37. The van der Waals surface area contributed by atoms with Crippen LogP contribution in [0, 0.1) is 5.92 Å². The highest BCUT2D eigenvalue weighted by molar-refractivity contribution is 7.98. The molecular formula is C22H25Cl3N2OS. The molecule has 0 spiro atoms. The molecule has 0 aliphatic carbocycles. The molecule has 1 aliphatic heterocycles. The number of hydrogen-bond donors (Lipinski definition) is 1. The number of rotatable bonds is 8. The van der Waals surface area contributed by atoms with Gasteiger partial charge in [-0.05, 0) is 54.8 Å². The maximum absolute atomic E-state index is 12.6. The lowest BCUT2D eigenvalue weighted by Gasteiger charge is -2.32. The maximum Gasteiger partial charge on any atom is 0.224 e. The van der Waals surface area contributed by atoms with E-state index in [9.17, 15) is 4.79 Å². The van der Waals surface area contributed by atoms with Crippen molar-refractivity contribution in [2.45, 2.75) is 25.1 Å². The van der Waals surface area contributed by atoms with Gasteiger partial charge in [-0.2, -0.15) is 11.8 Å². The number of carbonyl (C=O) groups is 1. The van der Waals surface area contributed by atoms with E-state index in [1.54, 1.807) is 11.8 Å². The van der Waals surface area contributed by atoms with Gasteiger partial charge in [0.05, 0.1) is 16.0 Å². The number of hydrogen-bond acceptors (Lipinski definition) is 3. The number of likely N-dealkylation sites (tertiary alicyclic amines) is 1. The van der Waals surface area contributed by atoms with Gasteiger partial charge in [0.15, 0.2) is 0 Å². The van der Waals surface area contributed by atoms with Gasteiger partial charge in [-0.25, -0.2) is 0 Å². The molecule has 1 saturated heterocycles. The summed E-state index contributed by atoms with van der Waals surface area (Å²) in [5.41, 5.74) is 2.33. The molecule has 29 heavy (non-hydrogen) atoms. The summed E-state index contributed by atoms with van der Waals surface area (Å²) < 4.78 is 0. The molecule has 7 heteroatoms. The smallest absolute Gasteiger partial charge is 0.224 e. The van der Waals surface area contributed by atoms with Crippen LogP contribution < -0.4 is 5.32 Å². The van der Waals surface area contributed by atoms with Gasteiger partial charge >= 0.3 is 0 Å². The summed E-state index contributed by atoms with van der Waals surface area (Å²) in [6, 6.07) is 13.6. The Kier molecular flexibility index (Phi) is 9.01. The molecule has 156 valence electrons. The van der Waals surface area contributed by atoms with Crippen LogP contribution in [0.2, 0.25) is 15.1 Å². The van der Waals surface area contributed by atoms with E-state index in [0.717, 1.165) is 54.6 Å². The van der Waals surface area contributed by atoms with E-state index in [2.05, 4.69) is 16.3 Å². The van der Waals surface area contributed by atoms with E-state index in [1.165, 1.54) is 5.56 Å². The predicted octanol–water partition coefficient (Wildman–Crippen LogP) is 5.91. The zero-order chi connectivity index (χ0) is 20.6. The molecule has 1 heterocycles. The van der Waals surface area contributed by atoms with Crippen LogP contribution in [0.15, 0.2) is 42.5 Å². The second-order valence-corrected chi connectivity index (χ2v) is 9.65. The number of benzene rings is 2. The molecule has 0 aromatic heterocycles. The lowest BCUT2D eigenvalue weighted by molar-refractivity contribution is -0.126. The van der Waals surface area contributed by atoms with Crippen LogP contribution in [0.4, 0.5) is 0 Å². The van der Waals surface area contributed by atoms with Gasteiger partial charge in [-0.1, -0.05) is 53.0 Å². The molecule has 0 bridgehead atoms. The fourth-order valence-corrected chi connectivity index (χ4v) is 4.86. The zero-order valence-electron chi connectivity index (χ0n) is 16.2. The van der Waals surface area contributed by atoms with E-state index < -0.39 is 0 Å². The first-order valence-electron chi connectivity index (χ1n) is 9.77. The summed E-state index contributed by atoms with van der Waals surface area (Å²) in [5.74, 6) is 1.94. The zero-order valence-corrected chi connectivity index (χ0v) is 19.3. The highest BCUT2D eigenvalue weighted by Crippen LogP contribution is 2.24. The van der Waals surface area contributed by atoms with Gasteiger partial charge in [0.2, 0.25) is 5.91 Å². The monoisotopic (exact) mass is 470 g/mol. The van der Waals surface area contributed by atoms with Crippen LogP contribution in [0.1, 0.15) is 24.0 Å². The van der Waals surface area contributed by atoms with Crippen LogP contribution in [0.25, 0.3) is 0 Å².